The summed E-state index contributed by atoms with van der Waals surface area (Å²) in [5, 5.41) is 2.11. The minimum Gasteiger partial charge on any atom is -0.184 e. The van der Waals surface area contributed by atoms with E-state index >= 15 is 0 Å². The molecule has 0 aromatic heterocycles. The van der Waals surface area contributed by atoms with Gasteiger partial charge < -0.3 is 0 Å². The topological polar surface area (TPSA) is 34.1 Å². The average Bonchev–Trinajstić information content (AvgIpc) is 2.41. The Morgan fingerprint density at radius 1 is 0.833 bits per heavy atom. The summed E-state index contributed by atoms with van der Waals surface area (Å²) < 4.78 is 23.0. The van der Waals surface area contributed by atoms with Gasteiger partial charge in [-0.25, -0.2) is 0 Å². The van der Waals surface area contributed by atoms with Gasteiger partial charge in [0.05, 0.1) is 4.61 Å². The number of rotatable bonds is 3. The molecule has 0 radical (unpaired) electrons. The van der Waals surface area contributed by atoms with Crippen LogP contribution >= 0.6 is 7.92 Å². The molecule has 4 heteroatoms. The Morgan fingerprint density at radius 2 is 1.22 bits per heavy atom. The summed E-state index contributed by atoms with van der Waals surface area (Å²) in [4.78, 5) is 0. The van der Waals surface area contributed by atoms with Gasteiger partial charge in [-0.15, -0.1) is 0 Å². The monoisotopic (exact) mass is 276 g/mol. The van der Waals surface area contributed by atoms with Crippen LogP contribution in [0.25, 0.3) is 0 Å². The van der Waals surface area contributed by atoms with Gasteiger partial charge in [-0.05, 0) is 25.5 Å². The molecule has 0 unspecified atom stereocenters. The van der Waals surface area contributed by atoms with Crippen molar-refractivity contribution in [1.29, 1.82) is 0 Å². The molecule has 0 aliphatic carbocycles. The maximum atomic E-state index is 11.3. The minimum atomic E-state index is -2.15. The Balaban J connectivity index is 2.60. The van der Waals surface area contributed by atoms with E-state index in [4.69, 9.17) is 0 Å². The second-order valence-corrected chi connectivity index (χ2v) is 7.52. The van der Waals surface area contributed by atoms with Crippen LogP contribution in [0, 0.1) is 0 Å². The molecular weight excluding hydrogens is 263 g/mol. The molecule has 2 aromatic rings. The molecule has 0 N–H and O–H groups in total. The van der Waals surface area contributed by atoms with Crippen molar-refractivity contribution >= 4 is 33.4 Å². The Bertz CT molecular complexity index is 601. The lowest BCUT2D eigenvalue weighted by Crippen LogP contribution is -2.16. The lowest BCUT2D eigenvalue weighted by Gasteiger charge is -2.16. The number of benzene rings is 2. The maximum absolute atomic E-state index is 11.3. The molecule has 92 valence electrons. The van der Waals surface area contributed by atoms with Gasteiger partial charge in [-0.3, -0.25) is 0 Å². The SMILES string of the molecule is CC(P(c1ccccc1)c1ccccc1)=S(=O)=O. The third-order valence-corrected chi connectivity index (χ3v) is 6.32. The Morgan fingerprint density at radius 3 is 1.56 bits per heavy atom. The Hall–Kier alpha value is -1.44. The van der Waals surface area contributed by atoms with Crippen LogP contribution in [0.2, 0.25) is 0 Å². The lowest BCUT2D eigenvalue weighted by atomic mass is 10.4. The highest BCUT2D eigenvalue weighted by molar-refractivity contribution is 8.01. The average molecular weight is 276 g/mol. The highest BCUT2D eigenvalue weighted by atomic mass is 32.2. The molecule has 0 fully saturated rings. The molecule has 0 aliphatic rings. The summed E-state index contributed by atoms with van der Waals surface area (Å²) in [5.74, 6) is 0. The first-order chi connectivity index (χ1) is 8.70. The van der Waals surface area contributed by atoms with Gasteiger partial charge in [-0.2, -0.15) is 8.42 Å². The first-order valence-corrected chi connectivity index (χ1v) is 7.95. The van der Waals surface area contributed by atoms with Crippen molar-refractivity contribution in [3.63, 3.8) is 0 Å². The molecule has 0 amide bonds. The normalized spacial score (nSPS) is 10.3. The highest BCUT2D eigenvalue weighted by Gasteiger charge is 2.17. The van der Waals surface area contributed by atoms with Gasteiger partial charge in [0, 0.05) is 0 Å². The van der Waals surface area contributed by atoms with Crippen LogP contribution in [0.4, 0.5) is 0 Å². The van der Waals surface area contributed by atoms with Gasteiger partial charge in [0.25, 0.3) is 0 Å². The summed E-state index contributed by atoms with van der Waals surface area (Å²) in [6.45, 7) is 1.69. The quantitative estimate of drug-likeness (QED) is 0.636. The molecule has 0 aliphatic heterocycles. The molecule has 0 atom stereocenters. The van der Waals surface area contributed by atoms with E-state index in [9.17, 15) is 8.42 Å². The van der Waals surface area contributed by atoms with E-state index in [1.807, 2.05) is 60.7 Å². The highest BCUT2D eigenvalue weighted by Crippen LogP contribution is 2.34. The largest absolute Gasteiger partial charge is 0.218 e. The van der Waals surface area contributed by atoms with E-state index < -0.39 is 18.2 Å². The molecule has 18 heavy (non-hydrogen) atoms. The number of hydrogen-bond acceptors (Lipinski definition) is 2. The van der Waals surface area contributed by atoms with Gasteiger partial charge in [-0.1, -0.05) is 60.7 Å². The third kappa shape index (κ3) is 2.87. The first kappa shape index (κ1) is 13.0. The van der Waals surface area contributed by atoms with Gasteiger partial charge in [0.2, 0.25) is 10.3 Å². The molecule has 0 bridgehead atoms. The first-order valence-electron chi connectivity index (χ1n) is 5.53. The minimum absolute atomic E-state index is 0.502. The molecule has 0 heterocycles. The molecule has 2 rings (SSSR count). The van der Waals surface area contributed by atoms with E-state index in [2.05, 4.69) is 0 Å². The van der Waals surface area contributed by atoms with Crippen molar-refractivity contribution in [3.8, 4) is 0 Å². The van der Waals surface area contributed by atoms with Crippen molar-refractivity contribution in [1.82, 2.24) is 0 Å². The van der Waals surface area contributed by atoms with Gasteiger partial charge in [0.15, 0.2) is 0 Å². The molecule has 2 nitrogen and oxygen atoms in total. The van der Waals surface area contributed by atoms with Crippen molar-refractivity contribution in [3.05, 3.63) is 60.7 Å². The predicted octanol–water partition coefficient (Wildman–Crippen LogP) is 2.15. The molecule has 0 saturated heterocycles. The summed E-state index contributed by atoms with van der Waals surface area (Å²) in [5.41, 5.74) is 0. The summed E-state index contributed by atoms with van der Waals surface area (Å²) in [6, 6.07) is 19.6. The van der Waals surface area contributed by atoms with Crippen LogP contribution in [0.3, 0.4) is 0 Å². The van der Waals surface area contributed by atoms with Crippen molar-refractivity contribution in [2.75, 3.05) is 0 Å². The zero-order valence-corrected chi connectivity index (χ0v) is 11.7. The number of hydrogen-bond donors (Lipinski definition) is 0. The van der Waals surface area contributed by atoms with E-state index in [1.165, 1.54) is 0 Å². The summed E-state index contributed by atoms with van der Waals surface area (Å²) in [7, 11) is -3.09. The maximum Gasteiger partial charge on any atom is 0.218 e. The summed E-state index contributed by atoms with van der Waals surface area (Å²) in [6.07, 6.45) is 0. The molecule has 0 saturated carbocycles. The Kier molecular flexibility index (Phi) is 4.29. The van der Waals surface area contributed by atoms with Crippen molar-refractivity contribution in [2.45, 2.75) is 6.92 Å². The zero-order valence-electron chi connectivity index (χ0n) is 9.95. The van der Waals surface area contributed by atoms with E-state index in [0.717, 1.165) is 10.6 Å². The van der Waals surface area contributed by atoms with Crippen molar-refractivity contribution < 1.29 is 8.42 Å². The molecular formula is C14H13O2PS. The second-order valence-electron chi connectivity index (χ2n) is 3.76. The standard InChI is InChI=1S/C14H13O2PS/c1-12(18(15)16)17(13-8-4-2-5-9-13)14-10-6-3-7-11-14/h2-11H,1H3. The van der Waals surface area contributed by atoms with Crippen LogP contribution in [0.1, 0.15) is 6.92 Å². The van der Waals surface area contributed by atoms with E-state index in [0.29, 0.717) is 4.61 Å². The van der Waals surface area contributed by atoms with Crippen LogP contribution in [0.15, 0.2) is 60.7 Å². The predicted molar refractivity (Wildman–Crippen MR) is 78.7 cm³/mol. The smallest absolute Gasteiger partial charge is 0.184 e. The summed E-state index contributed by atoms with van der Waals surface area (Å²) >= 11 is 0. The third-order valence-electron chi connectivity index (χ3n) is 2.58. The zero-order chi connectivity index (χ0) is 13.0. The fourth-order valence-corrected chi connectivity index (χ4v) is 4.94. The van der Waals surface area contributed by atoms with Crippen LogP contribution in [-0.2, 0) is 10.3 Å². The van der Waals surface area contributed by atoms with Crippen molar-refractivity contribution in [2.24, 2.45) is 0 Å². The van der Waals surface area contributed by atoms with Gasteiger partial charge in [0.1, 0.15) is 0 Å². The Labute approximate surface area is 110 Å². The van der Waals surface area contributed by atoms with E-state index in [1.54, 1.807) is 6.92 Å². The molecule has 2 aromatic carbocycles. The fourth-order valence-electron chi connectivity index (χ4n) is 1.74. The van der Waals surface area contributed by atoms with Crippen LogP contribution in [-0.4, -0.2) is 13.0 Å². The molecule has 0 spiro atoms. The van der Waals surface area contributed by atoms with E-state index in [-0.39, 0.29) is 0 Å². The van der Waals surface area contributed by atoms with Gasteiger partial charge >= 0.3 is 0 Å². The lowest BCUT2D eigenvalue weighted by molar-refractivity contribution is 0.627. The second kappa shape index (κ2) is 5.94. The van der Waals surface area contributed by atoms with Crippen LogP contribution in [0.5, 0.6) is 0 Å². The van der Waals surface area contributed by atoms with Crippen LogP contribution < -0.4 is 10.6 Å². The fraction of sp³-hybridized carbons (Fsp3) is 0.0714.